The van der Waals surface area contributed by atoms with Crippen LogP contribution in [0.1, 0.15) is 6.42 Å². The molecule has 1 rings (SSSR count). The van der Waals surface area contributed by atoms with Crippen molar-refractivity contribution >= 4 is 21.9 Å². The van der Waals surface area contributed by atoms with E-state index in [-0.39, 0.29) is 6.54 Å². The van der Waals surface area contributed by atoms with E-state index in [2.05, 4.69) is 32.6 Å². The van der Waals surface area contributed by atoms with Crippen molar-refractivity contribution in [3.63, 3.8) is 0 Å². The summed E-state index contributed by atoms with van der Waals surface area (Å²) in [5, 5.41) is 2.83. The third-order valence-corrected chi connectivity index (χ3v) is 2.03. The Morgan fingerprint density at radius 1 is 1.79 bits per heavy atom. The van der Waals surface area contributed by atoms with Gasteiger partial charge in [-0.2, -0.15) is 8.78 Å². The zero-order chi connectivity index (χ0) is 10.8. The van der Waals surface area contributed by atoms with Crippen molar-refractivity contribution in [2.75, 3.05) is 13.1 Å². The summed E-state index contributed by atoms with van der Waals surface area (Å²) in [6.07, 6.45) is -1.29. The van der Waals surface area contributed by atoms with Crippen LogP contribution in [0.2, 0.25) is 0 Å². The van der Waals surface area contributed by atoms with Crippen molar-refractivity contribution in [2.24, 2.45) is 0 Å². The zero-order valence-electron chi connectivity index (χ0n) is 7.36. The first-order chi connectivity index (χ1) is 6.42. The summed E-state index contributed by atoms with van der Waals surface area (Å²) < 4.78 is 30.5. The fourth-order valence-electron chi connectivity index (χ4n) is 1.13. The van der Waals surface area contributed by atoms with Crippen molar-refractivity contribution in [1.82, 2.24) is 5.32 Å². The van der Waals surface area contributed by atoms with Gasteiger partial charge in [0.1, 0.15) is 6.10 Å². The predicted molar refractivity (Wildman–Crippen MR) is 50.4 cm³/mol. The Bertz CT molecular complexity index is 258. The van der Waals surface area contributed by atoms with Crippen LogP contribution in [-0.4, -0.2) is 31.1 Å². The minimum atomic E-state index is -3.32. The first-order valence-electron chi connectivity index (χ1n) is 4.05. The van der Waals surface area contributed by atoms with Gasteiger partial charge in [-0.1, -0.05) is 22.5 Å². The molecule has 6 heteroatoms. The van der Waals surface area contributed by atoms with Crippen molar-refractivity contribution in [1.29, 1.82) is 0 Å². The smallest absolute Gasteiger partial charge is 0.377 e. The molecule has 1 aliphatic heterocycles. The lowest BCUT2D eigenvalue weighted by atomic mass is 10.2. The van der Waals surface area contributed by atoms with E-state index in [4.69, 9.17) is 0 Å². The van der Waals surface area contributed by atoms with E-state index in [0.29, 0.717) is 11.0 Å². The second-order valence-electron chi connectivity index (χ2n) is 3.08. The van der Waals surface area contributed by atoms with Gasteiger partial charge >= 0.3 is 11.9 Å². The van der Waals surface area contributed by atoms with Crippen molar-refractivity contribution in [2.45, 2.75) is 18.4 Å². The van der Waals surface area contributed by atoms with Gasteiger partial charge in [0.2, 0.25) is 0 Å². The number of carbonyl (C=O) groups excluding carboxylic acids is 1. The molecule has 1 N–H and O–H groups in total. The summed E-state index contributed by atoms with van der Waals surface area (Å²) >= 11 is 3.11. The SMILES string of the molecule is C=C(Br)CNCC1CC(F)(F)C(=O)O1. The molecule has 0 aliphatic carbocycles. The van der Waals surface area contributed by atoms with E-state index in [0.717, 1.165) is 0 Å². The summed E-state index contributed by atoms with van der Waals surface area (Å²) in [4.78, 5) is 10.6. The number of halogens is 3. The molecule has 1 aliphatic rings. The Morgan fingerprint density at radius 3 is 2.86 bits per heavy atom. The van der Waals surface area contributed by atoms with Crippen LogP contribution in [0.15, 0.2) is 11.1 Å². The largest absolute Gasteiger partial charge is 0.456 e. The molecule has 0 amide bonds. The second-order valence-corrected chi connectivity index (χ2v) is 4.21. The number of carbonyl (C=O) groups is 1. The fraction of sp³-hybridized carbons (Fsp3) is 0.625. The number of nitrogens with one attached hydrogen (secondary N) is 1. The van der Waals surface area contributed by atoms with Crippen LogP contribution in [0.5, 0.6) is 0 Å². The van der Waals surface area contributed by atoms with Gasteiger partial charge in [0.05, 0.1) is 6.42 Å². The third-order valence-electron chi connectivity index (χ3n) is 1.75. The van der Waals surface area contributed by atoms with Gasteiger partial charge in [0.15, 0.2) is 0 Å². The molecule has 0 spiro atoms. The van der Waals surface area contributed by atoms with Crippen LogP contribution in [-0.2, 0) is 9.53 Å². The highest BCUT2D eigenvalue weighted by Gasteiger charge is 2.50. The Balaban J connectivity index is 2.29. The molecule has 0 aromatic carbocycles. The molecule has 1 fully saturated rings. The number of ether oxygens (including phenoxy) is 1. The first kappa shape index (κ1) is 11.6. The van der Waals surface area contributed by atoms with Crippen LogP contribution in [0.25, 0.3) is 0 Å². The Morgan fingerprint density at radius 2 is 2.43 bits per heavy atom. The van der Waals surface area contributed by atoms with Crippen molar-refractivity contribution in [3.8, 4) is 0 Å². The predicted octanol–water partition coefficient (Wildman–Crippen LogP) is 1.44. The van der Waals surface area contributed by atoms with Crippen molar-refractivity contribution < 1.29 is 18.3 Å². The maximum Gasteiger partial charge on any atom is 0.377 e. The molecule has 0 aromatic heterocycles. The summed E-state index contributed by atoms with van der Waals surface area (Å²) in [5.41, 5.74) is 0. The van der Waals surface area contributed by atoms with Gasteiger partial charge < -0.3 is 10.1 Å². The molecular formula is C8H10BrF2NO2. The Labute approximate surface area is 88.6 Å². The number of cyclic esters (lactones) is 1. The van der Waals surface area contributed by atoms with Gasteiger partial charge in [-0.3, -0.25) is 0 Å². The van der Waals surface area contributed by atoms with Crippen LogP contribution in [0.4, 0.5) is 8.78 Å². The minimum absolute atomic E-state index is 0.214. The fourth-order valence-corrected chi connectivity index (χ4v) is 1.33. The summed E-state index contributed by atoms with van der Waals surface area (Å²) in [7, 11) is 0. The zero-order valence-corrected chi connectivity index (χ0v) is 8.94. The lowest BCUT2D eigenvalue weighted by Gasteiger charge is -2.08. The van der Waals surface area contributed by atoms with Crippen molar-refractivity contribution in [3.05, 3.63) is 11.1 Å². The van der Waals surface area contributed by atoms with Crippen LogP contribution in [0.3, 0.4) is 0 Å². The van der Waals surface area contributed by atoms with Gasteiger partial charge in [-0.15, -0.1) is 0 Å². The Hall–Kier alpha value is -0.490. The van der Waals surface area contributed by atoms with Crippen LogP contribution in [0, 0.1) is 0 Å². The van der Waals surface area contributed by atoms with Crippen LogP contribution < -0.4 is 5.32 Å². The van der Waals surface area contributed by atoms with Gasteiger partial charge in [0.25, 0.3) is 0 Å². The van der Waals surface area contributed by atoms with E-state index < -0.39 is 24.4 Å². The normalized spacial score (nSPS) is 24.8. The summed E-state index contributed by atoms with van der Waals surface area (Å²) in [6, 6.07) is 0. The third kappa shape index (κ3) is 3.02. The maximum atomic E-state index is 12.6. The standard InChI is InChI=1S/C8H10BrF2NO2/c1-5(9)3-12-4-6-2-8(10,11)7(13)14-6/h6,12H,1-4H2. The van der Waals surface area contributed by atoms with Crippen LogP contribution >= 0.6 is 15.9 Å². The molecule has 3 nitrogen and oxygen atoms in total. The maximum absolute atomic E-state index is 12.6. The summed E-state index contributed by atoms with van der Waals surface area (Å²) in [6.45, 7) is 4.23. The van der Waals surface area contributed by atoms with Gasteiger partial charge in [-0.05, 0) is 0 Å². The molecule has 14 heavy (non-hydrogen) atoms. The number of hydrogen-bond acceptors (Lipinski definition) is 3. The topological polar surface area (TPSA) is 38.3 Å². The number of esters is 1. The average molecular weight is 270 g/mol. The van der Waals surface area contributed by atoms with E-state index in [1.54, 1.807) is 0 Å². The Kier molecular flexibility index (Phi) is 3.60. The quantitative estimate of drug-likeness (QED) is 0.785. The molecule has 1 saturated heterocycles. The highest BCUT2D eigenvalue weighted by Crippen LogP contribution is 2.30. The molecule has 0 saturated carbocycles. The lowest BCUT2D eigenvalue weighted by molar-refractivity contribution is -0.158. The van der Waals surface area contributed by atoms with E-state index >= 15 is 0 Å². The highest BCUT2D eigenvalue weighted by molar-refractivity contribution is 9.11. The number of alkyl halides is 2. The monoisotopic (exact) mass is 269 g/mol. The van der Waals surface area contributed by atoms with E-state index in [9.17, 15) is 13.6 Å². The lowest BCUT2D eigenvalue weighted by Crippen LogP contribution is -2.27. The van der Waals surface area contributed by atoms with E-state index in [1.165, 1.54) is 0 Å². The molecule has 0 aromatic rings. The molecule has 1 atom stereocenters. The number of hydrogen-bond donors (Lipinski definition) is 1. The molecular weight excluding hydrogens is 260 g/mol. The van der Waals surface area contributed by atoms with Gasteiger partial charge in [0, 0.05) is 17.6 Å². The average Bonchev–Trinajstić information content (AvgIpc) is 2.25. The molecule has 1 heterocycles. The molecule has 0 radical (unpaired) electrons. The summed E-state index contributed by atoms with van der Waals surface area (Å²) in [5.74, 6) is -4.75. The molecule has 1 unspecified atom stereocenters. The van der Waals surface area contributed by atoms with E-state index in [1.807, 2.05) is 0 Å². The van der Waals surface area contributed by atoms with Gasteiger partial charge in [-0.25, -0.2) is 4.79 Å². The first-order valence-corrected chi connectivity index (χ1v) is 4.84. The molecule has 80 valence electrons. The molecule has 0 bridgehead atoms. The second kappa shape index (κ2) is 4.35. The highest BCUT2D eigenvalue weighted by atomic mass is 79.9. The minimum Gasteiger partial charge on any atom is -0.456 e. The number of rotatable bonds is 4.